The van der Waals surface area contributed by atoms with Gasteiger partial charge in [-0.05, 0) is 68.7 Å². The molecular formula is C26H29N3O3. The number of benzene rings is 2. The van der Waals surface area contributed by atoms with E-state index in [9.17, 15) is 9.59 Å². The predicted octanol–water partition coefficient (Wildman–Crippen LogP) is 4.12. The summed E-state index contributed by atoms with van der Waals surface area (Å²) in [5, 5.41) is 5.53. The number of amides is 2. The van der Waals surface area contributed by atoms with Crippen molar-refractivity contribution in [1.29, 1.82) is 0 Å². The molecule has 3 aromatic rings. The van der Waals surface area contributed by atoms with E-state index >= 15 is 0 Å². The number of hydrogen-bond donors (Lipinski definition) is 2. The monoisotopic (exact) mass is 431 g/mol. The largest absolute Gasteiger partial charge is 0.481 e. The lowest BCUT2D eigenvalue weighted by atomic mass is 10.1. The minimum Gasteiger partial charge on any atom is -0.481 e. The summed E-state index contributed by atoms with van der Waals surface area (Å²) in [5.74, 6) is 0.364. The smallest absolute Gasteiger partial charge is 0.261 e. The van der Waals surface area contributed by atoms with E-state index in [0.717, 1.165) is 22.4 Å². The quantitative estimate of drug-likeness (QED) is 0.590. The number of pyridine rings is 1. The summed E-state index contributed by atoms with van der Waals surface area (Å²) in [6.07, 6.45) is -0.595. The van der Waals surface area contributed by atoms with Crippen LogP contribution in [0.5, 0.6) is 5.75 Å². The van der Waals surface area contributed by atoms with Crippen LogP contribution in [-0.2, 0) is 11.3 Å². The van der Waals surface area contributed by atoms with E-state index in [1.807, 2.05) is 69.3 Å². The first-order valence-corrected chi connectivity index (χ1v) is 10.6. The van der Waals surface area contributed by atoms with Gasteiger partial charge in [-0.1, -0.05) is 30.3 Å². The molecule has 6 nitrogen and oxygen atoms in total. The van der Waals surface area contributed by atoms with E-state index in [-0.39, 0.29) is 11.8 Å². The molecule has 0 saturated carbocycles. The number of rotatable bonds is 7. The molecule has 0 aliphatic carbocycles. The molecule has 1 heterocycles. The van der Waals surface area contributed by atoms with E-state index in [1.165, 1.54) is 5.56 Å². The fourth-order valence-electron chi connectivity index (χ4n) is 3.27. The topological polar surface area (TPSA) is 80.3 Å². The number of ether oxygens (including phenoxy) is 1. The van der Waals surface area contributed by atoms with Gasteiger partial charge in [-0.15, -0.1) is 0 Å². The van der Waals surface area contributed by atoms with Gasteiger partial charge in [0.15, 0.2) is 6.10 Å². The van der Waals surface area contributed by atoms with Crippen molar-refractivity contribution in [3.8, 4) is 17.0 Å². The number of carbonyl (C=O) groups excluding carboxylic acids is 2. The fourth-order valence-corrected chi connectivity index (χ4v) is 3.27. The second-order valence-electron chi connectivity index (χ2n) is 7.83. The van der Waals surface area contributed by atoms with Crippen molar-refractivity contribution in [3.63, 3.8) is 0 Å². The van der Waals surface area contributed by atoms with E-state index in [0.29, 0.717) is 23.6 Å². The standard InChI is InChI=1S/C26H29N3O3/c1-16-6-11-22(14-17(16)2)32-19(4)25(30)28-15-20-7-9-21(10-8-20)24-13-12-23(18(3)29-24)26(31)27-5/h6-14,19H,15H2,1-5H3,(H,27,31)(H,28,30)/t19-/m0/s1. The Bertz CT molecular complexity index is 1120. The molecule has 1 aromatic heterocycles. The van der Waals surface area contributed by atoms with Gasteiger partial charge in [0.1, 0.15) is 5.75 Å². The molecule has 0 unspecified atom stereocenters. The van der Waals surface area contributed by atoms with Crippen LogP contribution in [0.1, 0.15) is 39.7 Å². The average molecular weight is 432 g/mol. The number of nitrogens with one attached hydrogen (secondary N) is 2. The minimum atomic E-state index is -0.595. The van der Waals surface area contributed by atoms with Gasteiger partial charge in [0.05, 0.1) is 17.0 Å². The summed E-state index contributed by atoms with van der Waals surface area (Å²) in [6.45, 7) is 8.02. The van der Waals surface area contributed by atoms with Crippen LogP contribution < -0.4 is 15.4 Å². The van der Waals surface area contributed by atoms with Crippen LogP contribution in [0.2, 0.25) is 0 Å². The summed E-state index contributed by atoms with van der Waals surface area (Å²) < 4.78 is 5.77. The van der Waals surface area contributed by atoms with Crippen molar-refractivity contribution in [3.05, 3.63) is 82.5 Å². The molecule has 6 heteroatoms. The lowest BCUT2D eigenvalue weighted by Crippen LogP contribution is -2.35. The van der Waals surface area contributed by atoms with Crippen molar-refractivity contribution in [1.82, 2.24) is 15.6 Å². The van der Waals surface area contributed by atoms with Gasteiger partial charge in [0, 0.05) is 19.2 Å². The molecule has 166 valence electrons. The summed E-state index contributed by atoms with van der Waals surface area (Å²) >= 11 is 0. The lowest BCUT2D eigenvalue weighted by molar-refractivity contribution is -0.127. The van der Waals surface area contributed by atoms with Crippen molar-refractivity contribution < 1.29 is 14.3 Å². The Morgan fingerprint density at radius 3 is 2.31 bits per heavy atom. The molecular weight excluding hydrogens is 402 g/mol. The molecule has 1 atom stereocenters. The molecule has 2 amide bonds. The highest BCUT2D eigenvalue weighted by molar-refractivity contribution is 5.95. The summed E-state index contributed by atoms with van der Waals surface area (Å²) in [4.78, 5) is 28.8. The highest BCUT2D eigenvalue weighted by Gasteiger charge is 2.15. The van der Waals surface area contributed by atoms with Crippen molar-refractivity contribution in [2.45, 2.75) is 40.3 Å². The van der Waals surface area contributed by atoms with E-state index in [2.05, 4.69) is 15.6 Å². The molecule has 3 rings (SSSR count). The summed E-state index contributed by atoms with van der Waals surface area (Å²) in [6, 6.07) is 17.2. The molecule has 0 fully saturated rings. The van der Waals surface area contributed by atoms with Gasteiger partial charge in [0.2, 0.25) is 0 Å². The molecule has 0 saturated heterocycles. The van der Waals surface area contributed by atoms with Crippen LogP contribution in [-0.4, -0.2) is 29.9 Å². The normalized spacial score (nSPS) is 11.5. The van der Waals surface area contributed by atoms with E-state index < -0.39 is 6.10 Å². The van der Waals surface area contributed by atoms with Gasteiger partial charge in [-0.3, -0.25) is 14.6 Å². The van der Waals surface area contributed by atoms with Crippen LogP contribution in [0.15, 0.2) is 54.6 Å². The highest BCUT2D eigenvalue weighted by Crippen LogP contribution is 2.20. The maximum absolute atomic E-state index is 12.4. The zero-order chi connectivity index (χ0) is 23.3. The van der Waals surface area contributed by atoms with Crippen LogP contribution >= 0.6 is 0 Å². The van der Waals surface area contributed by atoms with E-state index in [4.69, 9.17) is 4.74 Å². The summed E-state index contributed by atoms with van der Waals surface area (Å²) in [5.41, 5.74) is 6.26. The molecule has 0 bridgehead atoms. The minimum absolute atomic E-state index is 0.150. The molecule has 2 N–H and O–H groups in total. The van der Waals surface area contributed by atoms with Gasteiger partial charge < -0.3 is 15.4 Å². The average Bonchev–Trinajstić information content (AvgIpc) is 2.79. The second-order valence-corrected chi connectivity index (χ2v) is 7.83. The maximum atomic E-state index is 12.4. The Kier molecular flexibility index (Phi) is 7.25. The SMILES string of the molecule is CNC(=O)c1ccc(-c2ccc(CNC(=O)[C@H](C)Oc3ccc(C)c(C)c3)cc2)nc1C. The van der Waals surface area contributed by atoms with Crippen molar-refractivity contribution >= 4 is 11.8 Å². The fraction of sp³-hybridized carbons (Fsp3) is 0.269. The van der Waals surface area contributed by atoms with Gasteiger partial charge in [-0.25, -0.2) is 0 Å². The third-order valence-electron chi connectivity index (χ3n) is 5.43. The first kappa shape index (κ1) is 23.0. The zero-order valence-electron chi connectivity index (χ0n) is 19.2. The van der Waals surface area contributed by atoms with E-state index in [1.54, 1.807) is 20.0 Å². The Hall–Kier alpha value is -3.67. The van der Waals surface area contributed by atoms with Crippen LogP contribution in [0, 0.1) is 20.8 Å². The predicted molar refractivity (Wildman–Crippen MR) is 126 cm³/mol. The Morgan fingerprint density at radius 2 is 1.69 bits per heavy atom. The maximum Gasteiger partial charge on any atom is 0.261 e. The van der Waals surface area contributed by atoms with Gasteiger partial charge >= 0.3 is 0 Å². The summed E-state index contributed by atoms with van der Waals surface area (Å²) in [7, 11) is 1.60. The number of aryl methyl sites for hydroxylation is 3. The number of hydrogen-bond acceptors (Lipinski definition) is 4. The van der Waals surface area contributed by atoms with Crippen molar-refractivity contribution in [2.24, 2.45) is 0 Å². The Balaban J connectivity index is 1.58. The first-order chi connectivity index (χ1) is 15.3. The number of carbonyl (C=O) groups is 2. The Morgan fingerprint density at radius 1 is 0.969 bits per heavy atom. The molecule has 2 aromatic carbocycles. The number of nitrogens with zero attached hydrogens (tertiary/aromatic N) is 1. The zero-order valence-corrected chi connectivity index (χ0v) is 19.2. The molecule has 0 aliphatic rings. The molecule has 32 heavy (non-hydrogen) atoms. The van der Waals surface area contributed by atoms with Gasteiger partial charge in [-0.2, -0.15) is 0 Å². The van der Waals surface area contributed by atoms with Crippen molar-refractivity contribution in [2.75, 3.05) is 7.05 Å². The van der Waals surface area contributed by atoms with Crippen LogP contribution in [0.4, 0.5) is 0 Å². The first-order valence-electron chi connectivity index (χ1n) is 10.6. The number of aromatic nitrogens is 1. The second kappa shape index (κ2) is 10.1. The molecule has 0 radical (unpaired) electrons. The highest BCUT2D eigenvalue weighted by atomic mass is 16.5. The third-order valence-corrected chi connectivity index (χ3v) is 5.43. The molecule has 0 spiro atoms. The van der Waals surface area contributed by atoms with Crippen LogP contribution in [0.25, 0.3) is 11.3 Å². The third kappa shape index (κ3) is 5.52. The lowest BCUT2D eigenvalue weighted by Gasteiger charge is -2.16. The van der Waals surface area contributed by atoms with Crippen LogP contribution in [0.3, 0.4) is 0 Å². The van der Waals surface area contributed by atoms with Gasteiger partial charge in [0.25, 0.3) is 11.8 Å². The molecule has 0 aliphatic heterocycles. The Labute approximate surface area is 189 Å².